The van der Waals surface area contributed by atoms with Gasteiger partial charge in [-0.1, -0.05) is 58.0 Å². The molecule has 3 atom stereocenters. The number of benzene rings is 2. The molecule has 4 N–H and O–H groups in total. The lowest BCUT2D eigenvalue weighted by Crippen LogP contribution is -2.50. The molecule has 8 nitrogen and oxygen atoms in total. The van der Waals surface area contributed by atoms with Crippen LogP contribution in [-0.4, -0.2) is 64.2 Å². The lowest BCUT2D eigenvalue weighted by atomic mass is 9.94. The number of aliphatic hydroxyl groups is 2. The van der Waals surface area contributed by atoms with Gasteiger partial charge in [-0.25, -0.2) is 0 Å². The number of aryl methyl sites for hydroxylation is 1. The quantitative estimate of drug-likeness (QED) is 0.274. The van der Waals surface area contributed by atoms with Crippen LogP contribution < -0.4 is 10.6 Å². The maximum atomic E-state index is 13.3. The summed E-state index contributed by atoms with van der Waals surface area (Å²) in [6, 6.07) is 13.7. The van der Waals surface area contributed by atoms with Crippen LogP contribution in [0.5, 0.6) is 0 Å². The molecule has 0 spiro atoms. The molecule has 0 unspecified atom stereocenters. The van der Waals surface area contributed by atoms with E-state index in [-0.39, 0.29) is 18.2 Å². The van der Waals surface area contributed by atoms with Crippen LogP contribution in [0.3, 0.4) is 0 Å². The minimum absolute atomic E-state index is 0.107. The first-order chi connectivity index (χ1) is 18.5. The van der Waals surface area contributed by atoms with E-state index in [0.717, 1.165) is 24.0 Å². The summed E-state index contributed by atoms with van der Waals surface area (Å²) >= 11 is 0. The zero-order valence-corrected chi connectivity index (χ0v) is 23.9. The minimum Gasteiger partial charge on any atom is -0.390 e. The molecule has 0 radical (unpaired) electrons. The molecule has 2 rings (SSSR count). The van der Waals surface area contributed by atoms with Crippen LogP contribution in [0.25, 0.3) is 0 Å². The molecule has 39 heavy (non-hydrogen) atoms. The van der Waals surface area contributed by atoms with Gasteiger partial charge in [-0.05, 0) is 61.4 Å². The van der Waals surface area contributed by atoms with Crippen molar-refractivity contribution in [3.05, 3.63) is 70.8 Å². The molecule has 0 saturated carbocycles. The highest BCUT2D eigenvalue weighted by Gasteiger charge is 2.30. The molecule has 8 heteroatoms. The molecule has 214 valence electrons. The number of amides is 3. The van der Waals surface area contributed by atoms with Crippen molar-refractivity contribution in [2.24, 2.45) is 5.92 Å². The Morgan fingerprint density at radius 1 is 0.923 bits per heavy atom. The third-order valence-corrected chi connectivity index (χ3v) is 6.44. The lowest BCUT2D eigenvalue weighted by Gasteiger charge is -2.29. The number of hydrogen-bond acceptors (Lipinski definition) is 5. The van der Waals surface area contributed by atoms with Gasteiger partial charge in [0.1, 0.15) is 6.10 Å². The van der Waals surface area contributed by atoms with E-state index in [0.29, 0.717) is 37.2 Å². The molecule has 3 amide bonds. The highest BCUT2D eigenvalue weighted by atomic mass is 16.3. The summed E-state index contributed by atoms with van der Waals surface area (Å²) in [6.07, 6.45) is -0.941. The molecule has 0 heterocycles. The van der Waals surface area contributed by atoms with Gasteiger partial charge in [0.15, 0.2) is 0 Å². The monoisotopic (exact) mass is 539 g/mol. The van der Waals surface area contributed by atoms with E-state index in [1.165, 1.54) is 0 Å². The van der Waals surface area contributed by atoms with E-state index in [4.69, 9.17) is 0 Å². The van der Waals surface area contributed by atoms with Crippen LogP contribution in [-0.2, 0) is 11.3 Å². The predicted molar refractivity (Wildman–Crippen MR) is 153 cm³/mol. The molecule has 0 aromatic heterocycles. The zero-order valence-electron chi connectivity index (χ0n) is 23.9. The van der Waals surface area contributed by atoms with E-state index >= 15 is 0 Å². The lowest BCUT2D eigenvalue weighted by molar-refractivity contribution is -0.125. The third kappa shape index (κ3) is 10.5. The summed E-state index contributed by atoms with van der Waals surface area (Å²) in [5, 5.41) is 27.2. The predicted octanol–water partition coefficient (Wildman–Crippen LogP) is 3.83. The van der Waals surface area contributed by atoms with Gasteiger partial charge in [0, 0.05) is 30.8 Å². The Balaban J connectivity index is 2.12. The van der Waals surface area contributed by atoms with Crippen molar-refractivity contribution >= 4 is 17.7 Å². The first-order valence-electron chi connectivity index (χ1n) is 13.9. The van der Waals surface area contributed by atoms with Crippen LogP contribution in [0.15, 0.2) is 48.5 Å². The number of carbonyl (C=O) groups excluding carboxylic acids is 3. The summed E-state index contributed by atoms with van der Waals surface area (Å²) in [6.45, 7) is 11.4. The van der Waals surface area contributed by atoms with E-state index in [9.17, 15) is 24.6 Å². The van der Waals surface area contributed by atoms with Crippen molar-refractivity contribution in [2.45, 2.75) is 85.1 Å². The molecular weight excluding hydrogens is 494 g/mol. The Morgan fingerprint density at radius 3 is 2.13 bits per heavy atom. The van der Waals surface area contributed by atoms with Gasteiger partial charge in [0.2, 0.25) is 5.91 Å². The molecule has 2 aromatic carbocycles. The SMILES string of the molecule is CCCN(CCC)C(=O)c1cc(C)cc(C(=O)N[C@@H](CC(C)C)[C@@H](O)[C@H](O)CC(=O)NCc2ccccc2)c1. The van der Waals surface area contributed by atoms with Gasteiger partial charge in [-0.2, -0.15) is 0 Å². The van der Waals surface area contributed by atoms with Crippen LogP contribution in [0.2, 0.25) is 0 Å². The number of hydrogen-bond donors (Lipinski definition) is 4. The standard InChI is InChI=1S/C31H45N3O5/c1-6-13-34(14-7-2)31(39)25-17-22(5)16-24(18-25)30(38)33-26(15-21(3)4)29(37)27(35)19-28(36)32-20-23-11-9-8-10-12-23/h8-12,16-18,21,26-27,29,35,37H,6-7,13-15,19-20H2,1-5H3,(H,32,36)(H,33,38)/t26-,27+,29+/m0/s1. The minimum atomic E-state index is -1.36. The third-order valence-electron chi connectivity index (χ3n) is 6.44. The topological polar surface area (TPSA) is 119 Å². The average molecular weight is 540 g/mol. The summed E-state index contributed by atoms with van der Waals surface area (Å²) in [7, 11) is 0. The van der Waals surface area contributed by atoms with Gasteiger partial charge in [-0.3, -0.25) is 14.4 Å². The summed E-state index contributed by atoms with van der Waals surface area (Å²) in [4.78, 5) is 40.6. The van der Waals surface area contributed by atoms with E-state index in [1.807, 2.05) is 65.0 Å². The Hall–Kier alpha value is -3.23. The zero-order chi connectivity index (χ0) is 28.9. The van der Waals surface area contributed by atoms with Gasteiger partial charge in [0.05, 0.1) is 18.6 Å². The highest BCUT2D eigenvalue weighted by Crippen LogP contribution is 2.17. The summed E-state index contributed by atoms with van der Waals surface area (Å²) < 4.78 is 0. The summed E-state index contributed by atoms with van der Waals surface area (Å²) in [5.41, 5.74) is 2.45. The highest BCUT2D eigenvalue weighted by molar-refractivity contribution is 6.00. The Kier molecular flexibility index (Phi) is 13.1. The maximum Gasteiger partial charge on any atom is 0.253 e. The molecule has 0 bridgehead atoms. The van der Waals surface area contributed by atoms with E-state index < -0.39 is 30.1 Å². The number of nitrogens with zero attached hydrogens (tertiary/aromatic N) is 1. The number of aliphatic hydroxyl groups excluding tert-OH is 2. The molecule has 0 aliphatic heterocycles. The van der Waals surface area contributed by atoms with Crippen molar-refractivity contribution in [3.8, 4) is 0 Å². The second kappa shape index (κ2) is 16.0. The normalized spacial score (nSPS) is 13.4. The van der Waals surface area contributed by atoms with E-state index in [2.05, 4.69) is 10.6 Å². The maximum absolute atomic E-state index is 13.3. The van der Waals surface area contributed by atoms with Crippen LogP contribution >= 0.6 is 0 Å². The van der Waals surface area contributed by atoms with E-state index in [1.54, 1.807) is 23.1 Å². The largest absolute Gasteiger partial charge is 0.390 e. The molecule has 0 aliphatic rings. The number of carbonyl (C=O) groups is 3. The van der Waals surface area contributed by atoms with Crippen molar-refractivity contribution in [2.75, 3.05) is 13.1 Å². The van der Waals surface area contributed by atoms with Gasteiger partial charge in [-0.15, -0.1) is 0 Å². The average Bonchev–Trinajstić information content (AvgIpc) is 2.90. The first-order valence-corrected chi connectivity index (χ1v) is 13.9. The van der Waals surface area contributed by atoms with Gasteiger partial charge >= 0.3 is 0 Å². The van der Waals surface area contributed by atoms with Crippen LogP contribution in [0.1, 0.15) is 85.2 Å². The Labute approximate surface area is 232 Å². The fraction of sp³-hybridized carbons (Fsp3) is 0.516. The van der Waals surface area contributed by atoms with Crippen molar-refractivity contribution in [1.82, 2.24) is 15.5 Å². The van der Waals surface area contributed by atoms with Crippen molar-refractivity contribution in [1.29, 1.82) is 0 Å². The smallest absolute Gasteiger partial charge is 0.253 e. The fourth-order valence-electron chi connectivity index (χ4n) is 4.57. The van der Waals surface area contributed by atoms with Crippen molar-refractivity contribution < 1.29 is 24.6 Å². The van der Waals surface area contributed by atoms with Gasteiger partial charge < -0.3 is 25.7 Å². The summed E-state index contributed by atoms with van der Waals surface area (Å²) in [5.74, 6) is -0.858. The molecule has 2 aromatic rings. The van der Waals surface area contributed by atoms with Crippen molar-refractivity contribution in [3.63, 3.8) is 0 Å². The first kappa shape index (κ1) is 32.0. The van der Waals surface area contributed by atoms with Crippen LogP contribution in [0, 0.1) is 12.8 Å². The van der Waals surface area contributed by atoms with Crippen LogP contribution in [0.4, 0.5) is 0 Å². The second-order valence-electron chi connectivity index (χ2n) is 10.6. The Morgan fingerprint density at radius 2 is 1.54 bits per heavy atom. The molecule has 0 fully saturated rings. The molecule has 0 saturated heterocycles. The second-order valence-corrected chi connectivity index (χ2v) is 10.6. The van der Waals surface area contributed by atoms with Gasteiger partial charge in [0.25, 0.3) is 11.8 Å². The fourth-order valence-corrected chi connectivity index (χ4v) is 4.57. The molecular formula is C31H45N3O5. The Bertz CT molecular complexity index is 1070. The number of rotatable bonds is 15. The molecule has 0 aliphatic carbocycles. The number of nitrogens with one attached hydrogen (secondary N) is 2.